The Hall–Kier alpha value is -0.330. The first-order chi connectivity index (χ1) is 5.07. The summed E-state index contributed by atoms with van der Waals surface area (Å²) in [5.74, 6) is 0.782. The van der Waals surface area contributed by atoms with Gasteiger partial charge in [0.25, 0.3) is 0 Å². The first-order valence-electron chi connectivity index (χ1n) is 4.60. The van der Waals surface area contributed by atoms with E-state index in [1.807, 2.05) is 0 Å². The third kappa shape index (κ3) is 1.82. The third-order valence-electron chi connectivity index (χ3n) is 3.18. The highest BCUT2D eigenvalue weighted by Gasteiger charge is 2.32. The summed E-state index contributed by atoms with van der Waals surface area (Å²) < 4.78 is 0. The quantitative estimate of drug-likeness (QED) is 0.567. The van der Waals surface area contributed by atoms with E-state index in [2.05, 4.69) is 20.8 Å². The summed E-state index contributed by atoms with van der Waals surface area (Å²) in [5.41, 5.74) is 0.452. The number of hydrogen-bond donors (Lipinski definition) is 0. The number of Topliss-reactive ketones (excluding diaryl/α,β-unsaturated/α-hetero) is 1. The van der Waals surface area contributed by atoms with E-state index >= 15 is 0 Å². The SMILES string of the molecule is CCC1(C)CCC(=O)C(C)C1. The van der Waals surface area contributed by atoms with Gasteiger partial charge >= 0.3 is 0 Å². The molecular formula is C10H18O. The third-order valence-corrected chi connectivity index (χ3v) is 3.18. The molecule has 1 nitrogen and oxygen atoms in total. The molecule has 0 spiro atoms. The Morgan fingerprint density at radius 1 is 1.64 bits per heavy atom. The Kier molecular flexibility index (Phi) is 2.36. The Bertz CT molecular complexity index is 162. The summed E-state index contributed by atoms with van der Waals surface area (Å²) in [4.78, 5) is 11.2. The molecule has 1 saturated carbocycles. The summed E-state index contributed by atoms with van der Waals surface area (Å²) in [6.45, 7) is 6.59. The van der Waals surface area contributed by atoms with Crippen LogP contribution in [-0.2, 0) is 4.79 Å². The monoisotopic (exact) mass is 154 g/mol. The smallest absolute Gasteiger partial charge is 0.135 e. The highest BCUT2D eigenvalue weighted by molar-refractivity contribution is 5.81. The van der Waals surface area contributed by atoms with Gasteiger partial charge in [-0.1, -0.05) is 27.2 Å². The molecule has 0 radical (unpaired) electrons. The summed E-state index contributed by atoms with van der Waals surface area (Å²) >= 11 is 0. The minimum atomic E-state index is 0.314. The van der Waals surface area contributed by atoms with Crippen LogP contribution in [0.25, 0.3) is 0 Å². The van der Waals surface area contributed by atoms with Gasteiger partial charge in [-0.3, -0.25) is 4.79 Å². The lowest BCUT2D eigenvalue weighted by Gasteiger charge is -2.35. The maximum absolute atomic E-state index is 11.2. The van der Waals surface area contributed by atoms with Crippen LogP contribution in [0.3, 0.4) is 0 Å². The minimum Gasteiger partial charge on any atom is -0.299 e. The van der Waals surface area contributed by atoms with Crippen molar-refractivity contribution in [3.8, 4) is 0 Å². The summed E-state index contributed by atoms with van der Waals surface area (Å²) in [5, 5.41) is 0. The van der Waals surface area contributed by atoms with E-state index in [4.69, 9.17) is 0 Å². The standard InChI is InChI=1S/C10H18O/c1-4-10(3)6-5-9(11)8(2)7-10/h8H,4-7H2,1-3H3. The first-order valence-corrected chi connectivity index (χ1v) is 4.60. The molecule has 0 N–H and O–H groups in total. The van der Waals surface area contributed by atoms with Gasteiger partial charge in [0, 0.05) is 12.3 Å². The Labute approximate surface area is 69.2 Å². The second-order valence-electron chi connectivity index (χ2n) is 4.24. The van der Waals surface area contributed by atoms with Gasteiger partial charge in [0.1, 0.15) is 5.78 Å². The van der Waals surface area contributed by atoms with E-state index in [0.717, 1.165) is 19.3 Å². The molecule has 2 atom stereocenters. The van der Waals surface area contributed by atoms with Crippen molar-refractivity contribution in [2.75, 3.05) is 0 Å². The highest BCUT2D eigenvalue weighted by Crippen LogP contribution is 2.39. The Balaban J connectivity index is 2.58. The molecule has 0 aliphatic heterocycles. The maximum Gasteiger partial charge on any atom is 0.135 e. The van der Waals surface area contributed by atoms with Crippen LogP contribution in [0.2, 0.25) is 0 Å². The molecule has 1 rings (SSSR count). The molecule has 0 amide bonds. The van der Waals surface area contributed by atoms with Gasteiger partial charge in [-0.15, -0.1) is 0 Å². The van der Waals surface area contributed by atoms with E-state index in [1.54, 1.807) is 0 Å². The molecular weight excluding hydrogens is 136 g/mol. The number of carbonyl (C=O) groups is 1. The van der Waals surface area contributed by atoms with Gasteiger partial charge in [0.15, 0.2) is 0 Å². The summed E-state index contributed by atoms with van der Waals surface area (Å²) in [6.07, 6.45) is 4.23. The lowest BCUT2D eigenvalue weighted by atomic mass is 9.69. The number of ketones is 1. The lowest BCUT2D eigenvalue weighted by Crippen LogP contribution is -2.29. The molecule has 0 saturated heterocycles. The molecule has 0 aromatic heterocycles. The van der Waals surface area contributed by atoms with Crippen molar-refractivity contribution in [2.24, 2.45) is 11.3 Å². The maximum atomic E-state index is 11.2. The van der Waals surface area contributed by atoms with E-state index in [0.29, 0.717) is 17.1 Å². The largest absolute Gasteiger partial charge is 0.299 e. The molecule has 1 heteroatoms. The first kappa shape index (κ1) is 8.76. The molecule has 0 bridgehead atoms. The fourth-order valence-electron chi connectivity index (χ4n) is 1.95. The molecule has 11 heavy (non-hydrogen) atoms. The van der Waals surface area contributed by atoms with Gasteiger partial charge in [0.2, 0.25) is 0 Å². The molecule has 1 fully saturated rings. The van der Waals surface area contributed by atoms with Crippen LogP contribution in [0.1, 0.15) is 46.5 Å². The minimum absolute atomic E-state index is 0.314. The summed E-state index contributed by atoms with van der Waals surface area (Å²) in [7, 11) is 0. The van der Waals surface area contributed by atoms with E-state index < -0.39 is 0 Å². The van der Waals surface area contributed by atoms with Crippen molar-refractivity contribution >= 4 is 5.78 Å². The molecule has 1 aliphatic carbocycles. The highest BCUT2D eigenvalue weighted by atomic mass is 16.1. The van der Waals surface area contributed by atoms with Gasteiger partial charge in [-0.05, 0) is 18.3 Å². The van der Waals surface area contributed by atoms with Gasteiger partial charge in [-0.2, -0.15) is 0 Å². The zero-order valence-corrected chi connectivity index (χ0v) is 7.81. The number of rotatable bonds is 1. The molecule has 0 aromatic rings. The van der Waals surface area contributed by atoms with Crippen LogP contribution in [0, 0.1) is 11.3 Å². The van der Waals surface area contributed by atoms with Crippen molar-refractivity contribution in [1.29, 1.82) is 0 Å². The molecule has 0 aromatic carbocycles. The van der Waals surface area contributed by atoms with Crippen molar-refractivity contribution in [2.45, 2.75) is 46.5 Å². The van der Waals surface area contributed by atoms with Crippen molar-refractivity contribution in [1.82, 2.24) is 0 Å². The van der Waals surface area contributed by atoms with Crippen molar-refractivity contribution in [3.63, 3.8) is 0 Å². The van der Waals surface area contributed by atoms with Crippen LogP contribution in [0.4, 0.5) is 0 Å². The van der Waals surface area contributed by atoms with Crippen molar-refractivity contribution < 1.29 is 4.79 Å². The molecule has 2 unspecified atom stereocenters. The van der Waals surface area contributed by atoms with Crippen LogP contribution in [-0.4, -0.2) is 5.78 Å². The van der Waals surface area contributed by atoms with E-state index in [9.17, 15) is 4.79 Å². The molecule has 0 heterocycles. The fraction of sp³-hybridized carbons (Fsp3) is 0.900. The van der Waals surface area contributed by atoms with Gasteiger partial charge in [0.05, 0.1) is 0 Å². The van der Waals surface area contributed by atoms with Crippen LogP contribution < -0.4 is 0 Å². The predicted octanol–water partition coefficient (Wildman–Crippen LogP) is 2.79. The van der Waals surface area contributed by atoms with Crippen LogP contribution in [0.5, 0.6) is 0 Å². The zero-order valence-electron chi connectivity index (χ0n) is 7.81. The zero-order chi connectivity index (χ0) is 8.48. The van der Waals surface area contributed by atoms with Gasteiger partial charge < -0.3 is 0 Å². The van der Waals surface area contributed by atoms with E-state index in [1.165, 1.54) is 6.42 Å². The molecule has 64 valence electrons. The summed E-state index contributed by atoms with van der Waals surface area (Å²) in [6, 6.07) is 0. The fourth-order valence-corrected chi connectivity index (χ4v) is 1.95. The van der Waals surface area contributed by atoms with Crippen LogP contribution >= 0.6 is 0 Å². The van der Waals surface area contributed by atoms with Crippen molar-refractivity contribution in [3.05, 3.63) is 0 Å². The van der Waals surface area contributed by atoms with Crippen LogP contribution in [0.15, 0.2) is 0 Å². The Morgan fingerprint density at radius 3 is 2.73 bits per heavy atom. The Morgan fingerprint density at radius 2 is 2.27 bits per heavy atom. The predicted molar refractivity (Wildman–Crippen MR) is 46.4 cm³/mol. The average molecular weight is 154 g/mol. The molecule has 1 aliphatic rings. The van der Waals surface area contributed by atoms with Gasteiger partial charge in [-0.25, -0.2) is 0 Å². The lowest BCUT2D eigenvalue weighted by molar-refractivity contribution is -0.126. The average Bonchev–Trinajstić information content (AvgIpc) is 1.98. The number of carbonyl (C=O) groups excluding carboxylic acids is 1. The van der Waals surface area contributed by atoms with E-state index in [-0.39, 0.29) is 0 Å². The number of hydrogen-bond acceptors (Lipinski definition) is 1. The second-order valence-corrected chi connectivity index (χ2v) is 4.24. The normalized spacial score (nSPS) is 39.2. The topological polar surface area (TPSA) is 17.1 Å². The second kappa shape index (κ2) is 2.96.